The van der Waals surface area contributed by atoms with Gasteiger partial charge in [0.2, 0.25) is 0 Å². The van der Waals surface area contributed by atoms with Gasteiger partial charge in [0.15, 0.2) is 0 Å². The second-order valence-corrected chi connectivity index (χ2v) is 10.1. The summed E-state index contributed by atoms with van der Waals surface area (Å²) in [5.74, 6) is 1.57. The molecule has 4 heterocycles. The molecule has 7 heteroatoms. The normalized spacial score (nSPS) is 12.3. The fraction of sp³-hybridized carbons (Fsp3) is 0.500. The van der Waals surface area contributed by atoms with E-state index in [1.54, 1.807) is 11.6 Å². The van der Waals surface area contributed by atoms with Crippen molar-refractivity contribution < 1.29 is 0 Å². The van der Waals surface area contributed by atoms with Crippen molar-refractivity contribution in [3.05, 3.63) is 52.2 Å². The van der Waals surface area contributed by atoms with Gasteiger partial charge in [-0.1, -0.05) is 0 Å². The SMILES string of the molecule is Cc1nc(C)c2ccn(C(C)(C)C)c2n1.Cc1nc2c(ccn2C(C)(C)C)c(=O)n1C. The van der Waals surface area contributed by atoms with Crippen molar-refractivity contribution in [1.29, 1.82) is 0 Å². The van der Waals surface area contributed by atoms with Crippen LogP contribution in [0, 0.1) is 20.8 Å². The Kier molecular flexibility index (Phi) is 5.59. The van der Waals surface area contributed by atoms with Gasteiger partial charge in [-0.25, -0.2) is 15.0 Å². The third kappa shape index (κ3) is 4.27. The summed E-state index contributed by atoms with van der Waals surface area (Å²) in [6, 6.07) is 3.94. The molecule has 166 valence electrons. The molecule has 0 radical (unpaired) electrons. The van der Waals surface area contributed by atoms with Crippen LogP contribution in [-0.2, 0) is 18.1 Å². The minimum absolute atomic E-state index is 0.0190. The lowest BCUT2D eigenvalue weighted by Crippen LogP contribution is -2.24. The van der Waals surface area contributed by atoms with Crippen LogP contribution in [0.15, 0.2) is 29.3 Å². The second kappa shape index (κ2) is 7.62. The summed E-state index contributed by atoms with van der Waals surface area (Å²) in [6.07, 6.45) is 4.02. The van der Waals surface area contributed by atoms with Crippen molar-refractivity contribution in [1.82, 2.24) is 28.7 Å². The molecule has 0 saturated heterocycles. The zero-order valence-electron chi connectivity index (χ0n) is 20.4. The van der Waals surface area contributed by atoms with Crippen LogP contribution >= 0.6 is 0 Å². The highest BCUT2D eigenvalue weighted by molar-refractivity contribution is 5.79. The van der Waals surface area contributed by atoms with Gasteiger partial charge in [-0.3, -0.25) is 9.36 Å². The van der Waals surface area contributed by atoms with Crippen molar-refractivity contribution in [3.63, 3.8) is 0 Å². The summed E-state index contributed by atoms with van der Waals surface area (Å²) in [7, 11) is 1.75. The number of hydrogen-bond donors (Lipinski definition) is 0. The molecule has 0 amide bonds. The van der Waals surface area contributed by atoms with Gasteiger partial charge in [-0.15, -0.1) is 0 Å². The summed E-state index contributed by atoms with van der Waals surface area (Å²) >= 11 is 0. The van der Waals surface area contributed by atoms with E-state index in [-0.39, 0.29) is 16.6 Å². The van der Waals surface area contributed by atoms with Gasteiger partial charge in [-0.05, 0) is 74.4 Å². The second-order valence-electron chi connectivity index (χ2n) is 10.1. The maximum absolute atomic E-state index is 12.0. The van der Waals surface area contributed by atoms with Crippen LogP contribution in [0.5, 0.6) is 0 Å². The Hall–Kier alpha value is -2.96. The third-order valence-electron chi connectivity index (χ3n) is 5.44. The van der Waals surface area contributed by atoms with Gasteiger partial charge in [0.05, 0.1) is 11.1 Å². The molecule has 7 nitrogen and oxygen atoms in total. The zero-order valence-corrected chi connectivity index (χ0v) is 20.4. The average molecular weight is 423 g/mol. The van der Waals surface area contributed by atoms with E-state index in [2.05, 4.69) is 73.3 Å². The van der Waals surface area contributed by atoms with Crippen molar-refractivity contribution in [3.8, 4) is 0 Å². The highest BCUT2D eigenvalue weighted by Gasteiger charge is 2.19. The van der Waals surface area contributed by atoms with E-state index >= 15 is 0 Å². The van der Waals surface area contributed by atoms with Crippen LogP contribution in [0.4, 0.5) is 0 Å². The van der Waals surface area contributed by atoms with E-state index in [4.69, 9.17) is 0 Å². The van der Waals surface area contributed by atoms with Crippen molar-refractivity contribution in [2.24, 2.45) is 7.05 Å². The smallest absolute Gasteiger partial charge is 0.262 e. The summed E-state index contributed by atoms with van der Waals surface area (Å²) in [5, 5.41) is 1.83. The summed E-state index contributed by atoms with van der Waals surface area (Å²) in [5.41, 5.74) is 2.88. The summed E-state index contributed by atoms with van der Waals surface area (Å²) in [4.78, 5) is 25.4. The Balaban J connectivity index is 0.000000176. The van der Waals surface area contributed by atoms with Crippen molar-refractivity contribution in [2.45, 2.75) is 73.4 Å². The van der Waals surface area contributed by atoms with E-state index in [1.165, 1.54) is 0 Å². The predicted molar refractivity (Wildman–Crippen MR) is 127 cm³/mol. The molecule has 4 aromatic rings. The zero-order chi connectivity index (χ0) is 23.3. The Morgan fingerprint density at radius 3 is 1.74 bits per heavy atom. The van der Waals surface area contributed by atoms with Gasteiger partial charge >= 0.3 is 0 Å². The molecule has 0 spiro atoms. The first kappa shape index (κ1) is 22.7. The topological polar surface area (TPSA) is 70.5 Å². The molecule has 4 aromatic heterocycles. The van der Waals surface area contributed by atoms with E-state index in [0.717, 1.165) is 34.0 Å². The number of aryl methyl sites for hydroxylation is 3. The molecule has 0 atom stereocenters. The molecule has 0 unspecified atom stereocenters. The lowest BCUT2D eigenvalue weighted by Gasteiger charge is -2.22. The van der Waals surface area contributed by atoms with Gasteiger partial charge in [0.1, 0.15) is 22.9 Å². The molecule has 0 aliphatic carbocycles. The van der Waals surface area contributed by atoms with E-state index < -0.39 is 0 Å². The molecule has 0 aromatic carbocycles. The maximum atomic E-state index is 12.0. The molecule has 0 fully saturated rings. The highest BCUT2D eigenvalue weighted by Crippen LogP contribution is 2.24. The van der Waals surface area contributed by atoms with Crippen LogP contribution in [0.1, 0.15) is 58.9 Å². The number of aromatic nitrogens is 6. The standard InChI is InChI=1S/C12H17N3O.C12H17N3/c1-8-13-10-9(11(16)14(8)5)6-7-15(10)12(2,3)4;1-8-10-6-7-15(12(3,4)5)11(10)14-9(2)13-8/h6-7H,1-5H3;6-7H,1-5H3. The fourth-order valence-corrected chi connectivity index (χ4v) is 3.65. The predicted octanol–water partition coefficient (Wildman–Crippen LogP) is 4.60. The van der Waals surface area contributed by atoms with E-state index in [0.29, 0.717) is 5.39 Å². The molecule has 0 N–H and O–H groups in total. The largest absolute Gasteiger partial charge is 0.327 e. The van der Waals surface area contributed by atoms with Gasteiger partial charge in [0.25, 0.3) is 5.56 Å². The first-order valence-corrected chi connectivity index (χ1v) is 10.6. The average Bonchev–Trinajstić information content (AvgIpc) is 3.24. The number of nitrogens with zero attached hydrogens (tertiary/aromatic N) is 6. The molecule has 0 bridgehead atoms. The highest BCUT2D eigenvalue weighted by atomic mass is 16.1. The maximum Gasteiger partial charge on any atom is 0.262 e. The lowest BCUT2D eigenvalue weighted by molar-refractivity contribution is 0.407. The third-order valence-corrected chi connectivity index (χ3v) is 5.44. The first-order valence-electron chi connectivity index (χ1n) is 10.6. The quantitative estimate of drug-likeness (QED) is 0.415. The van der Waals surface area contributed by atoms with Crippen LogP contribution < -0.4 is 5.56 Å². The Morgan fingerprint density at radius 2 is 1.23 bits per heavy atom. The van der Waals surface area contributed by atoms with Crippen LogP contribution in [0.3, 0.4) is 0 Å². The van der Waals surface area contributed by atoms with Crippen LogP contribution in [0.2, 0.25) is 0 Å². The molecule has 0 aliphatic rings. The monoisotopic (exact) mass is 422 g/mol. The van der Waals surface area contributed by atoms with Crippen molar-refractivity contribution >= 4 is 22.1 Å². The van der Waals surface area contributed by atoms with Gasteiger partial charge in [-0.2, -0.15) is 0 Å². The molecular formula is C24H34N6O. The number of hydrogen-bond acceptors (Lipinski definition) is 4. The minimum Gasteiger partial charge on any atom is -0.327 e. The fourth-order valence-electron chi connectivity index (χ4n) is 3.65. The molecule has 31 heavy (non-hydrogen) atoms. The molecular weight excluding hydrogens is 388 g/mol. The van der Waals surface area contributed by atoms with Gasteiger partial charge < -0.3 is 9.13 Å². The minimum atomic E-state index is -0.0619. The van der Waals surface area contributed by atoms with E-state index in [1.807, 2.05) is 37.6 Å². The molecule has 0 aliphatic heterocycles. The number of fused-ring (bicyclic) bond motifs is 2. The van der Waals surface area contributed by atoms with Gasteiger partial charge in [0, 0.05) is 35.9 Å². The van der Waals surface area contributed by atoms with Crippen LogP contribution in [0.25, 0.3) is 22.1 Å². The molecule has 0 saturated carbocycles. The Labute approximate surface area is 183 Å². The Morgan fingerprint density at radius 1 is 0.742 bits per heavy atom. The summed E-state index contributed by atoms with van der Waals surface area (Å²) in [6.45, 7) is 18.7. The molecule has 4 rings (SSSR count). The van der Waals surface area contributed by atoms with Crippen molar-refractivity contribution in [2.75, 3.05) is 0 Å². The number of rotatable bonds is 0. The first-order chi connectivity index (χ1) is 14.2. The summed E-state index contributed by atoms with van der Waals surface area (Å²) < 4.78 is 5.82. The van der Waals surface area contributed by atoms with Crippen LogP contribution in [-0.4, -0.2) is 28.7 Å². The Bertz CT molecular complexity index is 1310. The lowest BCUT2D eigenvalue weighted by atomic mass is 10.1. The van der Waals surface area contributed by atoms with E-state index in [9.17, 15) is 4.79 Å².